The number of aliphatic carboxylic acids is 1. The van der Waals surface area contributed by atoms with Gasteiger partial charge in [-0.15, -0.1) is 0 Å². The monoisotopic (exact) mass is 533 g/mol. The molecule has 0 aliphatic rings. The number of aromatic amines is 1. The van der Waals surface area contributed by atoms with Crippen LogP contribution in [0.3, 0.4) is 0 Å². The van der Waals surface area contributed by atoms with Crippen LogP contribution in [0.2, 0.25) is 0 Å². The summed E-state index contributed by atoms with van der Waals surface area (Å²) in [7, 11) is 0. The van der Waals surface area contributed by atoms with E-state index in [2.05, 4.69) is 15.3 Å². The van der Waals surface area contributed by atoms with Crippen molar-refractivity contribution in [2.45, 2.75) is 26.2 Å². The number of nitrogens with zero attached hydrogens (tertiary/aromatic N) is 1. The number of benzene rings is 2. The minimum absolute atomic E-state index is 0.00500. The molecule has 0 unspecified atom stereocenters. The van der Waals surface area contributed by atoms with Crippen molar-refractivity contribution < 1.29 is 33.0 Å². The number of hydrogen-bond donors (Lipinski definition) is 3. The van der Waals surface area contributed by atoms with Gasteiger partial charge in [-0.3, -0.25) is 19.4 Å². The fourth-order valence-corrected chi connectivity index (χ4v) is 3.88. The van der Waals surface area contributed by atoms with Crippen molar-refractivity contribution in [3.8, 4) is 22.9 Å². The molecule has 0 radical (unpaired) electrons. The van der Waals surface area contributed by atoms with Crippen LogP contribution in [0.4, 0.5) is 8.78 Å². The van der Waals surface area contributed by atoms with E-state index in [0.717, 1.165) is 5.56 Å². The molecule has 0 saturated carbocycles. The van der Waals surface area contributed by atoms with Gasteiger partial charge in [-0.25, -0.2) is 8.78 Å². The van der Waals surface area contributed by atoms with Crippen LogP contribution >= 0.6 is 0 Å². The maximum Gasteiger partial charge on any atom is 0.305 e. The molecule has 2 aromatic carbocycles. The highest BCUT2D eigenvalue weighted by atomic mass is 19.1. The van der Waals surface area contributed by atoms with Gasteiger partial charge in [-0.2, -0.15) is 0 Å². The smallest absolute Gasteiger partial charge is 0.305 e. The van der Waals surface area contributed by atoms with Crippen molar-refractivity contribution in [2.24, 2.45) is 0 Å². The van der Waals surface area contributed by atoms with E-state index in [4.69, 9.17) is 9.84 Å². The van der Waals surface area contributed by atoms with E-state index in [9.17, 15) is 23.2 Å². The molecule has 0 fully saturated rings. The predicted molar refractivity (Wildman–Crippen MR) is 139 cm³/mol. The van der Waals surface area contributed by atoms with Crippen LogP contribution in [0.1, 0.15) is 33.5 Å². The van der Waals surface area contributed by atoms with Crippen LogP contribution in [-0.4, -0.2) is 39.3 Å². The number of carboxylic acid groups (broad SMARTS) is 1. The molecule has 0 aliphatic carbocycles. The number of carboxylic acids is 1. The van der Waals surface area contributed by atoms with Crippen LogP contribution in [0.25, 0.3) is 11.4 Å². The van der Waals surface area contributed by atoms with Gasteiger partial charge in [0.2, 0.25) is 0 Å². The van der Waals surface area contributed by atoms with Gasteiger partial charge in [0.05, 0.1) is 23.4 Å². The van der Waals surface area contributed by atoms with Crippen molar-refractivity contribution >= 4 is 17.7 Å². The first-order valence-electron chi connectivity index (χ1n) is 12.1. The molecule has 0 bridgehead atoms. The van der Waals surface area contributed by atoms with Crippen LogP contribution in [0.15, 0.2) is 67.0 Å². The Morgan fingerprint density at radius 1 is 0.949 bits per heavy atom. The van der Waals surface area contributed by atoms with E-state index >= 15 is 0 Å². The second-order valence-corrected chi connectivity index (χ2v) is 8.92. The van der Waals surface area contributed by atoms with Gasteiger partial charge in [0.15, 0.2) is 0 Å². The van der Waals surface area contributed by atoms with Gasteiger partial charge >= 0.3 is 5.97 Å². The molecule has 0 saturated heterocycles. The third kappa shape index (κ3) is 7.35. The Bertz CT molecular complexity index is 1530. The zero-order chi connectivity index (χ0) is 27.9. The first-order valence-corrected chi connectivity index (χ1v) is 12.1. The number of aryl methyl sites for hydroxylation is 1. The number of ketones is 1. The number of carbonyl (C=O) groups is 3. The van der Waals surface area contributed by atoms with Crippen LogP contribution in [0, 0.1) is 18.6 Å². The molecule has 1 amide bonds. The summed E-state index contributed by atoms with van der Waals surface area (Å²) in [5.41, 5.74) is 2.58. The number of ether oxygens (including phenoxy) is 1. The fourth-order valence-electron chi connectivity index (χ4n) is 3.88. The van der Waals surface area contributed by atoms with E-state index in [1.807, 2.05) is 0 Å². The van der Waals surface area contributed by atoms with Crippen molar-refractivity contribution in [3.05, 3.63) is 101 Å². The Balaban J connectivity index is 1.39. The third-order valence-corrected chi connectivity index (χ3v) is 5.81. The van der Waals surface area contributed by atoms with Crippen LogP contribution in [0.5, 0.6) is 11.5 Å². The van der Waals surface area contributed by atoms with Gasteiger partial charge in [0.1, 0.15) is 28.9 Å². The number of nitrogens with one attached hydrogen (secondary N) is 2. The number of rotatable bonds is 11. The summed E-state index contributed by atoms with van der Waals surface area (Å²) in [6, 6.07) is 13.4. The summed E-state index contributed by atoms with van der Waals surface area (Å²) in [5, 5.41) is 11.2. The molecule has 39 heavy (non-hydrogen) atoms. The average Bonchev–Trinajstić information content (AvgIpc) is 3.38. The number of halogens is 2. The quantitative estimate of drug-likeness (QED) is 0.249. The zero-order valence-corrected chi connectivity index (χ0v) is 21.0. The highest BCUT2D eigenvalue weighted by Gasteiger charge is 2.14. The SMILES string of the molecule is Cc1ccc(F)c(CC(=O)Cc2ccc(Oc3ccnc(-c4cc(C(=O)NCCC(=O)O)c[nH]4)c3)cc2F)c1. The van der Waals surface area contributed by atoms with Crippen LogP contribution in [-0.2, 0) is 22.4 Å². The van der Waals surface area contributed by atoms with E-state index in [-0.39, 0.29) is 48.5 Å². The number of carbonyl (C=O) groups excluding carboxylic acids is 2. The molecule has 4 aromatic rings. The second-order valence-electron chi connectivity index (χ2n) is 8.92. The van der Waals surface area contributed by atoms with Crippen molar-refractivity contribution in [3.63, 3.8) is 0 Å². The lowest BCUT2D eigenvalue weighted by Crippen LogP contribution is -2.25. The molecule has 0 aliphatic heterocycles. The third-order valence-electron chi connectivity index (χ3n) is 5.81. The largest absolute Gasteiger partial charge is 0.481 e. The topological polar surface area (TPSA) is 121 Å². The minimum atomic E-state index is -1.01. The predicted octanol–water partition coefficient (Wildman–Crippen LogP) is 5.01. The number of Topliss-reactive ketones (excluding diaryl/α,β-unsaturated/α-hetero) is 1. The fraction of sp³-hybridized carbons (Fsp3) is 0.172. The highest BCUT2D eigenvalue weighted by Crippen LogP contribution is 2.27. The maximum atomic E-state index is 14.8. The molecule has 200 valence electrons. The molecule has 0 spiro atoms. The number of aromatic nitrogens is 2. The molecule has 4 rings (SSSR count). The standard InChI is InChI=1S/C29H25F2N3O5/c1-17-2-5-24(30)19(10-17)12-21(35)11-18-3-4-22(14-25(18)31)39-23-6-8-32-27(15-23)26-13-20(16-34-26)29(38)33-9-7-28(36)37/h2-6,8,10,13-16,34H,7,9,11-12H2,1H3,(H,33,38)(H,36,37). The Hall–Kier alpha value is -4.86. The lowest BCUT2D eigenvalue weighted by molar-refractivity contribution is -0.136. The second kappa shape index (κ2) is 12.1. The summed E-state index contributed by atoms with van der Waals surface area (Å²) < 4.78 is 34.5. The summed E-state index contributed by atoms with van der Waals surface area (Å²) in [6.45, 7) is 1.81. The molecule has 2 aromatic heterocycles. The minimum Gasteiger partial charge on any atom is -0.481 e. The molecular formula is C29H25F2N3O5. The van der Waals surface area contributed by atoms with Gasteiger partial charge in [0.25, 0.3) is 5.91 Å². The molecule has 3 N–H and O–H groups in total. The van der Waals surface area contributed by atoms with Crippen molar-refractivity contribution in [1.82, 2.24) is 15.3 Å². The average molecular weight is 534 g/mol. The summed E-state index contributed by atoms with van der Waals surface area (Å²) in [4.78, 5) is 42.4. The number of amides is 1. The number of H-pyrrole nitrogens is 1. The Kier molecular flexibility index (Phi) is 8.45. The molecule has 8 nitrogen and oxygen atoms in total. The first-order chi connectivity index (χ1) is 18.7. The van der Waals surface area contributed by atoms with E-state index in [0.29, 0.717) is 22.7 Å². The molecule has 2 heterocycles. The van der Waals surface area contributed by atoms with E-state index in [1.165, 1.54) is 36.7 Å². The normalized spacial score (nSPS) is 10.7. The molecular weight excluding hydrogens is 508 g/mol. The Morgan fingerprint density at radius 2 is 1.72 bits per heavy atom. The maximum absolute atomic E-state index is 14.8. The summed E-state index contributed by atoms with van der Waals surface area (Å²) >= 11 is 0. The Morgan fingerprint density at radius 3 is 2.49 bits per heavy atom. The molecule has 10 heteroatoms. The first kappa shape index (κ1) is 27.2. The summed E-state index contributed by atoms with van der Waals surface area (Å²) in [6.07, 6.45) is 2.47. The lowest BCUT2D eigenvalue weighted by Gasteiger charge is -2.09. The lowest BCUT2D eigenvalue weighted by atomic mass is 10.0. The number of pyridine rings is 1. The molecule has 0 atom stereocenters. The number of hydrogen-bond acceptors (Lipinski definition) is 5. The zero-order valence-electron chi connectivity index (χ0n) is 21.0. The van der Waals surface area contributed by atoms with Gasteiger partial charge in [0, 0.05) is 43.9 Å². The van der Waals surface area contributed by atoms with Crippen molar-refractivity contribution in [1.29, 1.82) is 0 Å². The Labute approximate surface area is 222 Å². The summed E-state index contributed by atoms with van der Waals surface area (Å²) in [5.74, 6) is -2.28. The van der Waals surface area contributed by atoms with Gasteiger partial charge in [-0.05, 0) is 42.3 Å². The van der Waals surface area contributed by atoms with Crippen molar-refractivity contribution in [2.75, 3.05) is 6.54 Å². The van der Waals surface area contributed by atoms with E-state index < -0.39 is 23.5 Å². The van der Waals surface area contributed by atoms with Crippen LogP contribution < -0.4 is 10.1 Å². The van der Waals surface area contributed by atoms with Gasteiger partial charge < -0.3 is 20.1 Å². The van der Waals surface area contributed by atoms with Gasteiger partial charge in [-0.1, -0.05) is 23.8 Å². The van der Waals surface area contributed by atoms with E-state index in [1.54, 1.807) is 37.3 Å². The highest BCUT2D eigenvalue weighted by molar-refractivity contribution is 5.95.